The van der Waals surface area contributed by atoms with Gasteiger partial charge in [-0.2, -0.15) is 5.26 Å². The van der Waals surface area contributed by atoms with Gasteiger partial charge < -0.3 is 5.73 Å². The van der Waals surface area contributed by atoms with Gasteiger partial charge in [-0.1, -0.05) is 26.0 Å². The summed E-state index contributed by atoms with van der Waals surface area (Å²) in [6.45, 7) is 3.92. The summed E-state index contributed by atoms with van der Waals surface area (Å²) < 4.78 is 0. The van der Waals surface area contributed by atoms with Gasteiger partial charge in [0.1, 0.15) is 5.82 Å². The summed E-state index contributed by atoms with van der Waals surface area (Å²) in [4.78, 5) is 36.2. The molecule has 0 saturated heterocycles. The number of anilines is 1. The van der Waals surface area contributed by atoms with E-state index in [4.69, 9.17) is 5.73 Å². The Morgan fingerprint density at radius 1 is 1.00 bits per heavy atom. The normalized spacial score (nSPS) is 19.5. The Hall–Kier alpha value is -4.52. The molecule has 172 valence electrons. The summed E-state index contributed by atoms with van der Waals surface area (Å²) in [7, 11) is 0. The predicted molar refractivity (Wildman–Crippen MR) is 123 cm³/mol. The fourth-order valence-electron chi connectivity index (χ4n) is 4.65. The van der Waals surface area contributed by atoms with E-state index in [-0.39, 0.29) is 40.4 Å². The monoisotopic (exact) mass is 459 g/mol. The first kappa shape index (κ1) is 22.7. The fourth-order valence-corrected chi connectivity index (χ4v) is 4.65. The number of nitro benzene ring substituents is 2. The molecule has 0 unspecified atom stereocenters. The standard InChI is InChI=1S/C24H21N5O5/c1-24(2)11-19-22(20(30)12-24)21(14-3-5-16(6-4-14)28(31)32)18(13-25)23(26)27(19)15-7-9-17(10-8-15)29(33)34/h3-10,21H,11-12,26H2,1-2H3/t21-/m0/s1. The lowest BCUT2D eigenvalue weighted by molar-refractivity contribution is -0.385. The molecule has 10 nitrogen and oxygen atoms in total. The van der Waals surface area contributed by atoms with Crippen molar-refractivity contribution in [3.63, 3.8) is 0 Å². The average molecular weight is 459 g/mol. The van der Waals surface area contributed by atoms with Gasteiger partial charge in [-0.25, -0.2) is 0 Å². The molecule has 1 atom stereocenters. The molecule has 34 heavy (non-hydrogen) atoms. The third-order valence-electron chi connectivity index (χ3n) is 6.14. The van der Waals surface area contributed by atoms with Crippen molar-refractivity contribution in [1.82, 2.24) is 0 Å². The van der Waals surface area contributed by atoms with E-state index < -0.39 is 15.8 Å². The van der Waals surface area contributed by atoms with Crippen molar-refractivity contribution in [2.45, 2.75) is 32.6 Å². The second kappa shape index (κ2) is 8.12. The molecule has 2 aliphatic rings. The zero-order valence-electron chi connectivity index (χ0n) is 18.5. The second-order valence-corrected chi connectivity index (χ2v) is 9.10. The second-order valence-electron chi connectivity index (χ2n) is 9.10. The van der Waals surface area contributed by atoms with Gasteiger partial charge in [0, 0.05) is 47.6 Å². The Labute approximate surface area is 194 Å². The first-order chi connectivity index (χ1) is 16.0. The zero-order valence-corrected chi connectivity index (χ0v) is 18.5. The molecule has 4 rings (SSSR count). The highest BCUT2D eigenvalue weighted by atomic mass is 16.6. The summed E-state index contributed by atoms with van der Waals surface area (Å²) in [5.41, 5.74) is 8.15. The molecule has 0 spiro atoms. The van der Waals surface area contributed by atoms with Crippen LogP contribution in [-0.4, -0.2) is 15.6 Å². The molecule has 1 aliphatic carbocycles. The van der Waals surface area contributed by atoms with Crippen molar-refractivity contribution in [3.05, 3.63) is 97.0 Å². The number of non-ortho nitro benzene ring substituents is 2. The number of carbonyl (C=O) groups excluding carboxylic acids is 1. The number of rotatable bonds is 4. The number of Topliss-reactive ketones (excluding diaryl/α,β-unsaturated/α-hetero) is 1. The van der Waals surface area contributed by atoms with Gasteiger partial charge in [0.25, 0.3) is 11.4 Å². The van der Waals surface area contributed by atoms with Crippen molar-refractivity contribution in [2.75, 3.05) is 4.90 Å². The lowest BCUT2D eigenvalue weighted by Gasteiger charge is -2.43. The van der Waals surface area contributed by atoms with Crippen LogP contribution in [0.25, 0.3) is 0 Å². The summed E-state index contributed by atoms with van der Waals surface area (Å²) in [5, 5.41) is 32.2. The Morgan fingerprint density at radius 3 is 2.03 bits per heavy atom. The third kappa shape index (κ3) is 3.77. The largest absolute Gasteiger partial charge is 0.384 e. The van der Waals surface area contributed by atoms with Crippen molar-refractivity contribution < 1.29 is 14.6 Å². The van der Waals surface area contributed by atoms with Crippen molar-refractivity contribution in [1.29, 1.82) is 5.26 Å². The van der Waals surface area contributed by atoms with E-state index in [1.165, 1.54) is 48.5 Å². The topological polar surface area (TPSA) is 156 Å². The molecule has 0 radical (unpaired) electrons. The van der Waals surface area contributed by atoms with Crippen LogP contribution in [0.3, 0.4) is 0 Å². The molecule has 2 aromatic rings. The maximum Gasteiger partial charge on any atom is 0.269 e. The molecule has 0 amide bonds. The number of nitrogens with zero attached hydrogens (tertiary/aromatic N) is 4. The quantitative estimate of drug-likeness (QED) is 0.519. The van der Waals surface area contributed by atoms with Crippen LogP contribution in [-0.2, 0) is 4.79 Å². The highest BCUT2D eigenvalue weighted by Crippen LogP contribution is 2.50. The lowest BCUT2D eigenvalue weighted by Crippen LogP contribution is -2.42. The van der Waals surface area contributed by atoms with Crippen molar-refractivity contribution in [2.24, 2.45) is 11.1 Å². The number of hydrogen-bond donors (Lipinski definition) is 1. The first-order valence-corrected chi connectivity index (χ1v) is 10.5. The first-order valence-electron chi connectivity index (χ1n) is 10.5. The van der Waals surface area contributed by atoms with Crippen LogP contribution in [0.1, 0.15) is 38.2 Å². The minimum Gasteiger partial charge on any atom is -0.384 e. The van der Waals surface area contributed by atoms with Crippen LogP contribution in [0, 0.1) is 37.0 Å². The van der Waals surface area contributed by atoms with Crippen molar-refractivity contribution >= 4 is 22.8 Å². The number of hydrogen-bond acceptors (Lipinski definition) is 8. The summed E-state index contributed by atoms with van der Waals surface area (Å²) >= 11 is 0. The van der Waals surface area contributed by atoms with Crippen LogP contribution < -0.4 is 10.6 Å². The molecule has 0 bridgehead atoms. The number of allylic oxidation sites excluding steroid dienone is 3. The summed E-state index contributed by atoms with van der Waals surface area (Å²) in [6.07, 6.45) is 0.746. The summed E-state index contributed by atoms with van der Waals surface area (Å²) in [6, 6.07) is 13.6. The van der Waals surface area contributed by atoms with Crippen LogP contribution in [0.4, 0.5) is 17.1 Å². The van der Waals surface area contributed by atoms with Crippen LogP contribution in [0.5, 0.6) is 0 Å². The molecule has 0 saturated carbocycles. The van der Waals surface area contributed by atoms with Gasteiger partial charge in [-0.3, -0.25) is 29.9 Å². The molecular weight excluding hydrogens is 438 g/mol. The Bertz CT molecular complexity index is 1320. The van der Waals surface area contributed by atoms with E-state index in [0.29, 0.717) is 28.9 Å². The molecule has 1 aliphatic heterocycles. The maximum atomic E-state index is 13.4. The molecule has 0 aromatic heterocycles. The minimum atomic E-state index is -0.765. The number of ketones is 1. The van der Waals surface area contributed by atoms with E-state index in [0.717, 1.165) is 0 Å². The van der Waals surface area contributed by atoms with E-state index in [2.05, 4.69) is 6.07 Å². The predicted octanol–water partition coefficient (Wildman–Crippen LogP) is 4.44. The molecule has 2 N–H and O–H groups in total. The highest BCUT2D eigenvalue weighted by molar-refractivity contribution is 6.01. The number of carbonyl (C=O) groups is 1. The van der Waals surface area contributed by atoms with Crippen LogP contribution in [0.2, 0.25) is 0 Å². The summed E-state index contributed by atoms with van der Waals surface area (Å²) in [5.74, 6) is -0.788. The third-order valence-corrected chi connectivity index (χ3v) is 6.14. The van der Waals surface area contributed by atoms with Crippen LogP contribution >= 0.6 is 0 Å². The van der Waals surface area contributed by atoms with Crippen LogP contribution in [0.15, 0.2) is 71.2 Å². The number of benzene rings is 2. The minimum absolute atomic E-state index is 0.0955. The molecule has 1 heterocycles. The van der Waals surface area contributed by atoms with E-state index in [1.807, 2.05) is 13.8 Å². The van der Waals surface area contributed by atoms with Gasteiger partial charge in [-0.15, -0.1) is 0 Å². The van der Waals surface area contributed by atoms with E-state index >= 15 is 0 Å². The number of nitrogens with two attached hydrogens (primary N) is 1. The SMILES string of the molecule is CC1(C)CC(=O)C2=C(C1)N(c1ccc([N+](=O)[O-])cc1)C(N)=C(C#N)[C@@H]2c1ccc([N+](=O)[O-])cc1. The lowest BCUT2D eigenvalue weighted by atomic mass is 9.68. The highest BCUT2D eigenvalue weighted by Gasteiger charge is 2.44. The van der Waals surface area contributed by atoms with Gasteiger partial charge in [0.15, 0.2) is 5.78 Å². The fraction of sp³-hybridized carbons (Fsp3) is 0.250. The molecule has 0 fully saturated rings. The molecular formula is C24H21N5O5. The van der Waals surface area contributed by atoms with Gasteiger partial charge in [0.2, 0.25) is 0 Å². The van der Waals surface area contributed by atoms with E-state index in [1.54, 1.807) is 4.90 Å². The Morgan fingerprint density at radius 2 is 1.53 bits per heavy atom. The Kier molecular flexibility index (Phi) is 5.41. The van der Waals surface area contributed by atoms with Crippen molar-refractivity contribution in [3.8, 4) is 6.07 Å². The average Bonchev–Trinajstić information content (AvgIpc) is 2.77. The molecule has 10 heteroatoms. The zero-order chi connectivity index (χ0) is 24.8. The number of nitro groups is 2. The van der Waals surface area contributed by atoms with Gasteiger partial charge in [0.05, 0.1) is 27.4 Å². The smallest absolute Gasteiger partial charge is 0.269 e. The number of nitriles is 1. The van der Waals surface area contributed by atoms with E-state index in [9.17, 15) is 30.3 Å². The van der Waals surface area contributed by atoms with Gasteiger partial charge in [-0.05, 0) is 29.5 Å². The van der Waals surface area contributed by atoms with Gasteiger partial charge >= 0.3 is 0 Å². The Balaban J connectivity index is 1.94. The maximum absolute atomic E-state index is 13.4. The molecule has 2 aromatic carbocycles.